The van der Waals surface area contributed by atoms with Gasteiger partial charge in [-0.25, -0.2) is 18.0 Å². The molecule has 1 fully saturated rings. The Bertz CT molecular complexity index is 1670. The molecule has 1 saturated heterocycles. The van der Waals surface area contributed by atoms with E-state index in [1.165, 1.54) is 16.4 Å². The largest absolute Gasteiger partial charge is 0.480 e. The van der Waals surface area contributed by atoms with Crippen molar-refractivity contribution in [3.8, 4) is 5.75 Å². The smallest absolute Gasteiger partial charge is 0.408 e. The number of rotatable bonds is 10. The van der Waals surface area contributed by atoms with Gasteiger partial charge in [-0.1, -0.05) is 42.5 Å². The fourth-order valence-corrected chi connectivity index (χ4v) is 6.49. The Balaban J connectivity index is 1.56. The highest BCUT2D eigenvalue weighted by Gasteiger charge is 2.52. The summed E-state index contributed by atoms with van der Waals surface area (Å²) >= 11 is 0. The number of ether oxygens (including phenoxy) is 3. The predicted octanol–water partition coefficient (Wildman–Crippen LogP) is 4.54. The van der Waals surface area contributed by atoms with Crippen LogP contribution in [0.3, 0.4) is 0 Å². The number of carbonyl (C=O) groups excluding carboxylic acids is 3. The fourth-order valence-electron chi connectivity index (χ4n) is 4.89. The van der Waals surface area contributed by atoms with E-state index in [-0.39, 0.29) is 24.4 Å². The number of nitrogens with one attached hydrogen (secondary N) is 1. The Morgan fingerprint density at radius 3 is 2.04 bits per heavy atom. The molecule has 3 aromatic rings. The standard InChI is InChI=1S/C34H41N3O8S/c1-32(2,3)44-30(39)28(36-31(40)45-33(4,5)6)20-23-11-10-14-27(19-23)46(41,42)37-21-34(22-37,25-12-8-7-9-13-25)43-26-17-15-24(16-18-26)29(35)38/h7-19,28H,20-22H2,1-6H3,(H2,35,38)(H,36,40)/t28-/m0/s1. The van der Waals surface area contributed by atoms with Crippen LogP contribution in [-0.4, -0.2) is 61.0 Å². The lowest BCUT2D eigenvalue weighted by molar-refractivity contribution is -0.157. The van der Waals surface area contributed by atoms with Crippen molar-refractivity contribution < 1.29 is 37.0 Å². The van der Waals surface area contributed by atoms with Crippen LogP contribution in [0.5, 0.6) is 5.75 Å². The molecule has 2 amide bonds. The van der Waals surface area contributed by atoms with Gasteiger partial charge in [0.05, 0.1) is 18.0 Å². The van der Waals surface area contributed by atoms with Gasteiger partial charge in [-0.15, -0.1) is 0 Å². The molecule has 0 aliphatic carbocycles. The third-order valence-electron chi connectivity index (χ3n) is 6.97. The van der Waals surface area contributed by atoms with E-state index in [2.05, 4.69) is 5.32 Å². The molecule has 11 nitrogen and oxygen atoms in total. The third kappa shape index (κ3) is 8.64. The minimum absolute atomic E-state index is 0.0256. The summed E-state index contributed by atoms with van der Waals surface area (Å²) in [5.74, 6) is -0.785. The number of sulfonamides is 1. The molecule has 3 N–H and O–H groups in total. The van der Waals surface area contributed by atoms with Gasteiger partial charge in [-0.2, -0.15) is 4.31 Å². The molecule has 0 saturated carbocycles. The quantitative estimate of drug-likeness (QED) is 0.303. The maximum atomic E-state index is 13.8. The number of esters is 1. The fraction of sp³-hybridized carbons (Fsp3) is 0.382. The van der Waals surface area contributed by atoms with Crippen molar-refractivity contribution in [2.75, 3.05) is 13.1 Å². The van der Waals surface area contributed by atoms with E-state index in [0.29, 0.717) is 16.9 Å². The number of nitrogens with two attached hydrogens (primary N) is 1. The highest BCUT2D eigenvalue weighted by molar-refractivity contribution is 7.89. The summed E-state index contributed by atoms with van der Waals surface area (Å²) in [6.45, 7) is 10.3. The maximum absolute atomic E-state index is 13.8. The lowest BCUT2D eigenvalue weighted by atomic mass is 9.87. The van der Waals surface area contributed by atoms with Crippen molar-refractivity contribution in [3.05, 3.63) is 95.6 Å². The highest BCUT2D eigenvalue weighted by Crippen LogP contribution is 2.40. The van der Waals surface area contributed by atoms with Crippen LogP contribution in [-0.2, 0) is 36.3 Å². The molecular weight excluding hydrogens is 610 g/mol. The molecule has 12 heteroatoms. The van der Waals surface area contributed by atoms with Crippen LogP contribution < -0.4 is 15.8 Å². The molecule has 1 aliphatic heterocycles. The van der Waals surface area contributed by atoms with Gasteiger partial charge in [-0.3, -0.25) is 4.79 Å². The van der Waals surface area contributed by atoms with E-state index in [1.54, 1.807) is 77.9 Å². The van der Waals surface area contributed by atoms with Crippen molar-refractivity contribution in [2.45, 2.75) is 75.7 Å². The van der Waals surface area contributed by atoms with Crippen LogP contribution in [0.4, 0.5) is 4.79 Å². The van der Waals surface area contributed by atoms with E-state index in [1.807, 2.05) is 30.3 Å². The first kappa shape index (κ1) is 34.5. The summed E-state index contributed by atoms with van der Waals surface area (Å²) in [5.41, 5.74) is 4.40. The Morgan fingerprint density at radius 2 is 1.48 bits per heavy atom. The van der Waals surface area contributed by atoms with Crippen molar-refractivity contribution in [1.82, 2.24) is 9.62 Å². The predicted molar refractivity (Wildman–Crippen MR) is 172 cm³/mol. The van der Waals surface area contributed by atoms with E-state index in [4.69, 9.17) is 19.9 Å². The van der Waals surface area contributed by atoms with Gasteiger partial charge in [0, 0.05) is 12.0 Å². The summed E-state index contributed by atoms with van der Waals surface area (Å²) in [4.78, 5) is 37.2. The van der Waals surface area contributed by atoms with Crippen LogP contribution in [0.2, 0.25) is 0 Å². The molecule has 0 aromatic heterocycles. The monoisotopic (exact) mass is 651 g/mol. The average Bonchev–Trinajstić information content (AvgIpc) is 2.93. The molecule has 0 radical (unpaired) electrons. The number of carbonyl (C=O) groups is 3. The van der Waals surface area contributed by atoms with Gasteiger partial charge in [0.15, 0.2) is 5.60 Å². The van der Waals surface area contributed by atoms with Crippen LogP contribution in [0.15, 0.2) is 83.8 Å². The molecule has 1 heterocycles. The van der Waals surface area contributed by atoms with Crippen molar-refractivity contribution in [2.24, 2.45) is 5.73 Å². The van der Waals surface area contributed by atoms with E-state index in [0.717, 1.165) is 5.56 Å². The number of hydrogen-bond acceptors (Lipinski definition) is 8. The third-order valence-corrected chi connectivity index (χ3v) is 8.76. The van der Waals surface area contributed by atoms with Crippen LogP contribution >= 0.6 is 0 Å². The Hall–Kier alpha value is -4.42. The minimum Gasteiger partial charge on any atom is -0.480 e. The molecule has 46 heavy (non-hydrogen) atoms. The molecule has 1 aliphatic rings. The Labute approximate surface area is 270 Å². The normalized spacial score (nSPS) is 15.6. The second-order valence-electron chi connectivity index (χ2n) is 13.2. The van der Waals surface area contributed by atoms with Crippen molar-refractivity contribution in [3.63, 3.8) is 0 Å². The molecule has 246 valence electrons. The molecule has 4 rings (SSSR count). The van der Waals surface area contributed by atoms with Gasteiger partial charge in [-0.05, 0) is 89.1 Å². The molecule has 0 bridgehead atoms. The topological polar surface area (TPSA) is 154 Å². The summed E-state index contributed by atoms with van der Waals surface area (Å²) in [5, 5.41) is 2.57. The number of benzene rings is 3. The van der Waals surface area contributed by atoms with Crippen LogP contribution in [0.25, 0.3) is 0 Å². The maximum Gasteiger partial charge on any atom is 0.408 e. The molecular formula is C34H41N3O8S. The van der Waals surface area contributed by atoms with Gasteiger partial charge in [0.1, 0.15) is 23.0 Å². The van der Waals surface area contributed by atoms with Crippen LogP contribution in [0, 0.1) is 0 Å². The van der Waals surface area contributed by atoms with E-state index >= 15 is 0 Å². The first-order chi connectivity index (χ1) is 21.4. The van der Waals surface area contributed by atoms with E-state index < -0.39 is 50.8 Å². The van der Waals surface area contributed by atoms with E-state index in [9.17, 15) is 22.8 Å². The van der Waals surface area contributed by atoms with Gasteiger partial charge in [0.2, 0.25) is 15.9 Å². The number of primary amides is 1. The summed E-state index contributed by atoms with van der Waals surface area (Å²) in [6, 6.07) is 20.8. The van der Waals surface area contributed by atoms with Crippen molar-refractivity contribution in [1.29, 1.82) is 0 Å². The number of nitrogens with zero attached hydrogens (tertiary/aromatic N) is 1. The Kier molecular flexibility index (Phi) is 9.83. The van der Waals surface area contributed by atoms with Gasteiger partial charge < -0.3 is 25.3 Å². The zero-order chi connectivity index (χ0) is 33.9. The Morgan fingerprint density at radius 1 is 0.870 bits per heavy atom. The van der Waals surface area contributed by atoms with Gasteiger partial charge >= 0.3 is 12.1 Å². The lowest BCUT2D eigenvalue weighted by Gasteiger charge is -2.48. The van der Waals surface area contributed by atoms with Gasteiger partial charge in [0.25, 0.3) is 0 Å². The number of amides is 2. The molecule has 1 atom stereocenters. The number of alkyl carbamates (subject to hydrolysis) is 1. The molecule has 0 spiro atoms. The first-order valence-corrected chi connectivity index (χ1v) is 16.3. The lowest BCUT2D eigenvalue weighted by Crippen LogP contribution is -2.64. The SMILES string of the molecule is CC(C)(C)OC(=O)N[C@@H](Cc1cccc(S(=O)(=O)N2CC(Oc3ccc(C(N)=O)cc3)(c3ccccc3)C2)c1)C(=O)OC(C)(C)C. The summed E-state index contributed by atoms with van der Waals surface area (Å²) < 4.78 is 46.2. The zero-order valence-corrected chi connectivity index (χ0v) is 27.7. The molecule has 3 aromatic carbocycles. The highest BCUT2D eigenvalue weighted by atomic mass is 32.2. The average molecular weight is 652 g/mol. The minimum atomic E-state index is -3.98. The zero-order valence-electron chi connectivity index (χ0n) is 26.9. The first-order valence-electron chi connectivity index (χ1n) is 14.8. The summed E-state index contributed by atoms with van der Waals surface area (Å²) in [6.07, 6.45) is -0.829. The van der Waals surface area contributed by atoms with Crippen LogP contribution in [0.1, 0.15) is 63.0 Å². The summed E-state index contributed by atoms with van der Waals surface area (Å²) in [7, 11) is -3.98. The second kappa shape index (κ2) is 13.1. The van der Waals surface area contributed by atoms with Crippen molar-refractivity contribution >= 4 is 28.0 Å². The molecule has 0 unspecified atom stereocenters. The second-order valence-corrected chi connectivity index (χ2v) is 15.1. The number of hydrogen-bond donors (Lipinski definition) is 2.